The van der Waals surface area contributed by atoms with Gasteiger partial charge in [0, 0.05) is 12.1 Å². The fourth-order valence-electron chi connectivity index (χ4n) is 1.23. The van der Waals surface area contributed by atoms with Gasteiger partial charge in [-0.25, -0.2) is 8.78 Å². The van der Waals surface area contributed by atoms with Gasteiger partial charge in [-0.1, -0.05) is 6.92 Å². The van der Waals surface area contributed by atoms with Gasteiger partial charge in [0.1, 0.15) is 0 Å². The Labute approximate surface area is 107 Å². The molecule has 7 heteroatoms. The van der Waals surface area contributed by atoms with E-state index in [0.29, 0.717) is 6.42 Å². The van der Waals surface area contributed by atoms with Gasteiger partial charge in [-0.3, -0.25) is 4.79 Å². The molecule has 106 valence electrons. The number of nitrogens with one attached hydrogen (secondary N) is 1. The minimum absolute atomic E-state index is 0.0662. The van der Waals surface area contributed by atoms with E-state index in [1.54, 1.807) is 6.92 Å². The smallest absolute Gasteiger partial charge is 0.258 e. The van der Waals surface area contributed by atoms with E-state index in [2.05, 4.69) is 10.1 Å². The van der Waals surface area contributed by atoms with E-state index in [1.807, 2.05) is 6.92 Å². The molecule has 1 aromatic carbocycles. The molecule has 0 aromatic heterocycles. The molecule has 1 rings (SSSR count). The maximum atomic E-state index is 13.2. The number of ether oxygens (including phenoxy) is 1. The van der Waals surface area contributed by atoms with Gasteiger partial charge in [0.25, 0.3) is 5.91 Å². The molecule has 0 aliphatic heterocycles. The van der Waals surface area contributed by atoms with Gasteiger partial charge in [0.2, 0.25) is 11.6 Å². The van der Waals surface area contributed by atoms with Crippen molar-refractivity contribution < 1.29 is 27.1 Å². The quantitative estimate of drug-likeness (QED) is 0.664. The molecular formula is C12H13F4NO2. The lowest BCUT2D eigenvalue weighted by molar-refractivity contribution is -0.123. The largest absolute Gasteiger partial charge is 0.477 e. The summed E-state index contributed by atoms with van der Waals surface area (Å²) in [6, 6.07) is -0.0773. The lowest BCUT2D eigenvalue weighted by Gasteiger charge is -2.13. The molecule has 0 aliphatic carbocycles. The van der Waals surface area contributed by atoms with Crippen molar-refractivity contribution in [3.05, 3.63) is 29.3 Å². The van der Waals surface area contributed by atoms with Gasteiger partial charge in [-0.05, 0) is 13.3 Å². The van der Waals surface area contributed by atoms with Crippen molar-refractivity contribution >= 4 is 5.91 Å². The predicted molar refractivity (Wildman–Crippen MR) is 59.7 cm³/mol. The highest BCUT2D eigenvalue weighted by Gasteiger charge is 2.21. The average molecular weight is 279 g/mol. The summed E-state index contributed by atoms with van der Waals surface area (Å²) >= 11 is 0. The fraction of sp³-hybridized carbons (Fsp3) is 0.417. The summed E-state index contributed by atoms with van der Waals surface area (Å²) < 4.78 is 56.6. The highest BCUT2D eigenvalue weighted by molar-refractivity contribution is 5.77. The van der Waals surface area contributed by atoms with E-state index in [1.165, 1.54) is 0 Å². The average Bonchev–Trinajstić information content (AvgIpc) is 2.36. The summed E-state index contributed by atoms with van der Waals surface area (Å²) in [6.45, 7) is 2.81. The van der Waals surface area contributed by atoms with Crippen LogP contribution in [0, 0.1) is 23.3 Å². The van der Waals surface area contributed by atoms with Crippen molar-refractivity contribution in [2.45, 2.75) is 26.3 Å². The highest BCUT2D eigenvalue weighted by Crippen LogP contribution is 2.26. The van der Waals surface area contributed by atoms with Crippen LogP contribution >= 0.6 is 0 Å². The van der Waals surface area contributed by atoms with Crippen LogP contribution in [0.25, 0.3) is 0 Å². The topological polar surface area (TPSA) is 38.3 Å². The van der Waals surface area contributed by atoms with Crippen LogP contribution in [-0.4, -0.2) is 18.6 Å². The van der Waals surface area contributed by atoms with Crippen molar-refractivity contribution in [3.63, 3.8) is 0 Å². The van der Waals surface area contributed by atoms with Crippen LogP contribution < -0.4 is 10.1 Å². The van der Waals surface area contributed by atoms with Crippen LogP contribution in [0.15, 0.2) is 6.07 Å². The second-order valence-electron chi connectivity index (χ2n) is 3.96. The van der Waals surface area contributed by atoms with Crippen LogP contribution in [0.4, 0.5) is 17.6 Å². The predicted octanol–water partition coefficient (Wildman–Crippen LogP) is 2.54. The number of carbonyl (C=O) groups excluding carboxylic acids is 1. The zero-order chi connectivity index (χ0) is 14.6. The molecule has 0 fully saturated rings. The van der Waals surface area contributed by atoms with Crippen LogP contribution in [-0.2, 0) is 4.79 Å². The van der Waals surface area contributed by atoms with Crippen molar-refractivity contribution in [1.82, 2.24) is 5.32 Å². The molecule has 0 saturated heterocycles. The second kappa shape index (κ2) is 6.40. The van der Waals surface area contributed by atoms with Crippen molar-refractivity contribution in [2.24, 2.45) is 0 Å². The third-order valence-corrected chi connectivity index (χ3v) is 2.44. The van der Waals surface area contributed by atoms with Gasteiger partial charge < -0.3 is 10.1 Å². The van der Waals surface area contributed by atoms with Gasteiger partial charge in [0.15, 0.2) is 24.0 Å². The fourth-order valence-corrected chi connectivity index (χ4v) is 1.23. The van der Waals surface area contributed by atoms with Gasteiger partial charge in [-0.2, -0.15) is 8.78 Å². The Morgan fingerprint density at radius 1 is 1.26 bits per heavy atom. The Kier molecular flexibility index (Phi) is 5.14. The molecular weight excluding hydrogens is 266 g/mol. The van der Waals surface area contributed by atoms with Gasteiger partial charge >= 0.3 is 0 Å². The second-order valence-corrected chi connectivity index (χ2v) is 3.96. The van der Waals surface area contributed by atoms with Crippen molar-refractivity contribution in [3.8, 4) is 5.75 Å². The Morgan fingerprint density at radius 3 is 2.26 bits per heavy atom. The number of carbonyl (C=O) groups is 1. The number of amides is 1. The third kappa shape index (κ3) is 3.84. The molecule has 0 radical (unpaired) electrons. The summed E-state index contributed by atoms with van der Waals surface area (Å²) in [5, 5.41) is 2.47. The number of rotatable bonds is 5. The van der Waals surface area contributed by atoms with Crippen LogP contribution in [0.5, 0.6) is 5.75 Å². The minimum atomic E-state index is -1.67. The first-order chi connectivity index (χ1) is 8.86. The summed E-state index contributed by atoms with van der Waals surface area (Å²) in [5.74, 6) is -8.40. The molecule has 1 unspecified atom stereocenters. The molecule has 0 bridgehead atoms. The van der Waals surface area contributed by atoms with E-state index >= 15 is 0 Å². The van der Waals surface area contributed by atoms with Crippen molar-refractivity contribution in [1.29, 1.82) is 0 Å². The third-order valence-electron chi connectivity index (χ3n) is 2.44. The first-order valence-corrected chi connectivity index (χ1v) is 5.62. The Bertz CT molecular complexity index is 453. The maximum absolute atomic E-state index is 13.2. The summed E-state index contributed by atoms with van der Waals surface area (Å²) in [7, 11) is 0. The molecule has 19 heavy (non-hydrogen) atoms. The monoisotopic (exact) mass is 279 g/mol. The number of hydrogen-bond acceptors (Lipinski definition) is 2. The Balaban J connectivity index is 2.76. The minimum Gasteiger partial charge on any atom is -0.477 e. The zero-order valence-corrected chi connectivity index (χ0v) is 10.4. The summed E-state index contributed by atoms with van der Waals surface area (Å²) in [5.41, 5.74) is 0. The van der Waals surface area contributed by atoms with Crippen LogP contribution in [0.1, 0.15) is 20.3 Å². The Morgan fingerprint density at radius 2 is 1.79 bits per heavy atom. The van der Waals surface area contributed by atoms with Crippen molar-refractivity contribution in [2.75, 3.05) is 6.61 Å². The Hall–Kier alpha value is -1.79. The number of benzene rings is 1. The SMILES string of the molecule is CCC(C)NC(=O)COc1c(F)c(F)cc(F)c1F. The summed E-state index contributed by atoms with van der Waals surface area (Å²) in [4.78, 5) is 11.3. The first-order valence-electron chi connectivity index (χ1n) is 5.62. The van der Waals surface area contributed by atoms with E-state index in [9.17, 15) is 22.4 Å². The number of halogens is 4. The van der Waals surface area contributed by atoms with E-state index in [-0.39, 0.29) is 12.1 Å². The molecule has 1 aromatic rings. The van der Waals surface area contributed by atoms with Gasteiger partial charge in [-0.15, -0.1) is 0 Å². The van der Waals surface area contributed by atoms with E-state index < -0.39 is 41.5 Å². The molecule has 0 spiro atoms. The first kappa shape index (κ1) is 15.3. The normalized spacial score (nSPS) is 12.1. The molecule has 3 nitrogen and oxygen atoms in total. The molecule has 0 aliphatic rings. The van der Waals surface area contributed by atoms with Crippen LogP contribution in [0.3, 0.4) is 0 Å². The zero-order valence-electron chi connectivity index (χ0n) is 10.4. The maximum Gasteiger partial charge on any atom is 0.258 e. The molecule has 1 N–H and O–H groups in total. The van der Waals surface area contributed by atoms with Crippen LogP contribution in [0.2, 0.25) is 0 Å². The molecule has 0 saturated carbocycles. The lowest BCUT2D eigenvalue weighted by Crippen LogP contribution is -2.35. The lowest BCUT2D eigenvalue weighted by atomic mass is 10.2. The molecule has 1 amide bonds. The van der Waals surface area contributed by atoms with E-state index in [0.717, 1.165) is 0 Å². The molecule has 1 atom stereocenters. The standard InChI is InChI=1S/C12H13F4NO2/c1-3-6(2)17-9(18)5-19-12-10(15)7(13)4-8(14)11(12)16/h4,6H,3,5H2,1-2H3,(H,17,18). The summed E-state index contributed by atoms with van der Waals surface area (Å²) in [6.07, 6.45) is 0.656. The molecule has 0 heterocycles. The van der Waals surface area contributed by atoms with E-state index in [4.69, 9.17) is 0 Å². The number of hydrogen-bond donors (Lipinski definition) is 1. The van der Waals surface area contributed by atoms with Gasteiger partial charge in [0.05, 0.1) is 0 Å². The highest BCUT2D eigenvalue weighted by atomic mass is 19.2.